The van der Waals surface area contributed by atoms with Crippen molar-refractivity contribution in [3.8, 4) is 0 Å². The van der Waals surface area contributed by atoms with Gasteiger partial charge in [0.2, 0.25) is 10.0 Å². The maximum atomic E-state index is 14.3. The van der Waals surface area contributed by atoms with Crippen LogP contribution in [0.25, 0.3) is 0 Å². The topological polar surface area (TPSA) is 67.4 Å². The molecule has 0 fully saturated rings. The van der Waals surface area contributed by atoms with Crippen molar-refractivity contribution in [1.29, 1.82) is 0 Å². The molecule has 5 nitrogen and oxygen atoms in total. The number of nitrogens with one attached hydrogen (secondary N) is 2. The molecule has 0 aliphatic heterocycles. The van der Waals surface area contributed by atoms with Gasteiger partial charge in [0.25, 0.3) is 0 Å². The van der Waals surface area contributed by atoms with E-state index in [9.17, 15) is 12.8 Å². The minimum absolute atomic E-state index is 0.0876. The van der Waals surface area contributed by atoms with E-state index in [0.29, 0.717) is 6.61 Å². The van der Waals surface area contributed by atoms with E-state index in [4.69, 9.17) is 16.3 Å². The Kier molecular flexibility index (Phi) is 8.45. The summed E-state index contributed by atoms with van der Waals surface area (Å²) < 4.78 is 48.6. The Balaban J connectivity index is 1.73. The fourth-order valence-electron chi connectivity index (χ4n) is 2.82. The average molecular weight is 528 g/mol. The van der Waals surface area contributed by atoms with Gasteiger partial charge in [-0.15, -0.1) is 0 Å². The van der Waals surface area contributed by atoms with Crippen LogP contribution in [0.5, 0.6) is 0 Å². The summed E-state index contributed by atoms with van der Waals surface area (Å²) in [5, 5.41) is 3.26. The molecule has 1 atom stereocenters. The summed E-state index contributed by atoms with van der Waals surface area (Å²) in [5.41, 5.74) is 1.79. The van der Waals surface area contributed by atoms with Gasteiger partial charge in [0.15, 0.2) is 0 Å². The van der Waals surface area contributed by atoms with Crippen LogP contribution in [0, 0.1) is 5.82 Å². The number of sulfonamides is 1. The lowest BCUT2D eigenvalue weighted by Gasteiger charge is -2.20. The van der Waals surface area contributed by atoms with E-state index in [1.165, 1.54) is 0 Å². The number of ether oxygens (including phenoxy) is 1. The predicted octanol–water partition coefficient (Wildman–Crippen LogP) is 5.22. The van der Waals surface area contributed by atoms with Crippen LogP contribution < -0.4 is 10.0 Å². The van der Waals surface area contributed by atoms with Gasteiger partial charge in [-0.05, 0) is 45.8 Å². The van der Waals surface area contributed by atoms with Crippen molar-refractivity contribution >= 4 is 43.2 Å². The summed E-state index contributed by atoms with van der Waals surface area (Å²) in [5.74, 6) is -0.930. The number of benzene rings is 3. The van der Waals surface area contributed by atoms with Gasteiger partial charge in [-0.1, -0.05) is 60.1 Å². The first kappa shape index (κ1) is 23.7. The van der Waals surface area contributed by atoms with Gasteiger partial charge in [-0.3, -0.25) is 0 Å². The molecule has 0 heterocycles. The van der Waals surface area contributed by atoms with Crippen molar-refractivity contribution in [3.63, 3.8) is 0 Å². The summed E-state index contributed by atoms with van der Waals surface area (Å²) in [6, 6.07) is 20.4. The zero-order chi connectivity index (χ0) is 22.3. The van der Waals surface area contributed by atoms with Crippen molar-refractivity contribution in [2.75, 3.05) is 18.5 Å². The smallest absolute Gasteiger partial charge is 0.243 e. The van der Waals surface area contributed by atoms with Crippen LogP contribution in [0.3, 0.4) is 0 Å². The Morgan fingerprint density at radius 3 is 2.35 bits per heavy atom. The molecule has 1 unspecified atom stereocenters. The number of halogens is 3. The number of para-hydroxylation sites is 1. The van der Waals surface area contributed by atoms with Gasteiger partial charge < -0.3 is 10.1 Å². The second-order valence-electron chi connectivity index (χ2n) is 6.76. The molecule has 164 valence electrons. The van der Waals surface area contributed by atoms with E-state index in [-0.39, 0.29) is 22.6 Å². The first-order valence-corrected chi connectivity index (χ1v) is 12.1. The van der Waals surface area contributed by atoms with E-state index >= 15 is 0 Å². The molecule has 31 heavy (non-hydrogen) atoms. The van der Waals surface area contributed by atoms with E-state index in [0.717, 1.165) is 23.4 Å². The third-order valence-corrected chi connectivity index (χ3v) is 7.08. The fourth-order valence-corrected chi connectivity index (χ4v) is 4.77. The summed E-state index contributed by atoms with van der Waals surface area (Å²) in [6.45, 7) is 0.657. The number of anilines is 1. The largest absolute Gasteiger partial charge is 0.383 e. The van der Waals surface area contributed by atoms with E-state index in [1.807, 2.05) is 60.7 Å². The second kappa shape index (κ2) is 11.1. The molecule has 0 spiro atoms. The molecular weight excluding hydrogens is 507 g/mol. The Morgan fingerprint density at radius 2 is 1.68 bits per heavy atom. The van der Waals surface area contributed by atoms with E-state index < -0.39 is 26.8 Å². The van der Waals surface area contributed by atoms with Crippen LogP contribution in [0.4, 0.5) is 10.1 Å². The van der Waals surface area contributed by atoms with Crippen molar-refractivity contribution < 1.29 is 17.5 Å². The Labute approximate surface area is 194 Å². The fraction of sp³-hybridized carbons (Fsp3) is 0.182. The maximum Gasteiger partial charge on any atom is 0.243 e. The lowest BCUT2D eigenvalue weighted by molar-refractivity contribution is 0.107. The van der Waals surface area contributed by atoms with Crippen LogP contribution in [0.1, 0.15) is 5.56 Å². The van der Waals surface area contributed by atoms with E-state index in [2.05, 4.69) is 26.0 Å². The van der Waals surface area contributed by atoms with Crippen molar-refractivity contribution in [1.82, 2.24) is 4.72 Å². The summed E-state index contributed by atoms with van der Waals surface area (Å²) in [6.07, 6.45) is 0. The Bertz CT molecular complexity index is 1100. The molecule has 3 aromatic carbocycles. The molecule has 0 bridgehead atoms. The van der Waals surface area contributed by atoms with Gasteiger partial charge in [-0.2, -0.15) is 0 Å². The van der Waals surface area contributed by atoms with Crippen LogP contribution >= 0.6 is 27.5 Å². The summed E-state index contributed by atoms with van der Waals surface area (Å²) in [4.78, 5) is -0.489. The molecule has 0 aliphatic carbocycles. The standard InChI is InChI=1S/C22H21BrClFN2O3S/c23-19-11-22(21(25)12-20(19)24)31(28,29)27-18(13-26-17-9-5-2-6-10-17)15-30-14-16-7-3-1-4-8-16/h1-12,18,26-27H,13-15H2. The van der Waals surface area contributed by atoms with Gasteiger partial charge in [0, 0.05) is 16.7 Å². The van der Waals surface area contributed by atoms with E-state index in [1.54, 1.807) is 0 Å². The molecular formula is C22H21BrClFN2O3S. The van der Waals surface area contributed by atoms with Gasteiger partial charge in [-0.25, -0.2) is 17.5 Å². The minimum Gasteiger partial charge on any atom is -0.383 e. The highest BCUT2D eigenvalue weighted by atomic mass is 79.9. The highest BCUT2D eigenvalue weighted by Crippen LogP contribution is 2.28. The van der Waals surface area contributed by atoms with Gasteiger partial charge in [0.1, 0.15) is 10.7 Å². The molecule has 0 aliphatic rings. The lowest BCUT2D eigenvalue weighted by atomic mass is 10.2. The first-order valence-electron chi connectivity index (χ1n) is 9.42. The average Bonchev–Trinajstić information content (AvgIpc) is 2.75. The predicted molar refractivity (Wildman–Crippen MR) is 124 cm³/mol. The molecule has 0 amide bonds. The van der Waals surface area contributed by atoms with Crippen LogP contribution in [-0.2, 0) is 21.4 Å². The highest BCUT2D eigenvalue weighted by molar-refractivity contribution is 9.10. The Hall–Kier alpha value is -1.97. The molecule has 3 aromatic rings. The molecule has 0 aromatic heterocycles. The number of rotatable bonds is 10. The first-order chi connectivity index (χ1) is 14.8. The third-order valence-electron chi connectivity index (χ3n) is 4.34. The monoisotopic (exact) mass is 526 g/mol. The van der Waals surface area contributed by atoms with Crippen molar-refractivity contribution in [2.24, 2.45) is 0 Å². The van der Waals surface area contributed by atoms with Crippen molar-refractivity contribution in [2.45, 2.75) is 17.5 Å². The lowest BCUT2D eigenvalue weighted by Crippen LogP contribution is -2.43. The van der Waals surface area contributed by atoms with Crippen molar-refractivity contribution in [3.05, 3.63) is 93.7 Å². The number of hydrogen-bond donors (Lipinski definition) is 2. The Morgan fingerprint density at radius 1 is 1.03 bits per heavy atom. The third kappa shape index (κ3) is 7.02. The molecule has 0 saturated heterocycles. The van der Waals surface area contributed by atoms with Gasteiger partial charge >= 0.3 is 0 Å². The minimum atomic E-state index is -4.16. The zero-order valence-corrected chi connectivity index (χ0v) is 19.6. The van der Waals surface area contributed by atoms with Crippen LogP contribution in [0.2, 0.25) is 5.02 Å². The molecule has 9 heteroatoms. The quantitative estimate of drug-likeness (QED) is 0.355. The van der Waals surface area contributed by atoms with Crippen LogP contribution in [0.15, 0.2) is 82.2 Å². The summed E-state index contributed by atoms with van der Waals surface area (Å²) in [7, 11) is -4.16. The normalized spacial score (nSPS) is 12.5. The van der Waals surface area contributed by atoms with Gasteiger partial charge in [0.05, 0.1) is 24.3 Å². The molecule has 2 N–H and O–H groups in total. The molecule has 0 saturated carbocycles. The maximum absolute atomic E-state index is 14.3. The SMILES string of the molecule is O=S(=O)(NC(CNc1ccccc1)COCc1ccccc1)c1cc(Br)c(Cl)cc1F. The summed E-state index contributed by atoms with van der Waals surface area (Å²) >= 11 is 8.99. The zero-order valence-electron chi connectivity index (χ0n) is 16.4. The van der Waals surface area contributed by atoms with Crippen LogP contribution in [-0.4, -0.2) is 27.6 Å². The second-order valence-corrected chi connectivity index (χ2v) is 9.71. The highest BCUT2D eigenvalue weighted by Gasteiger charge is 2.25. The number of hydrogen-bond acceptors (Lipinski definition) is 4. The molecule has 0 radical (unpaired) electrons. The molecule has 3 rings (SSSR count).